The second-order valence-electron chi connectivity index (χ2n) is 7.64. The molecule has 1 atom stereocenters. The van der Waals surface area contributed by atoms with Crippen molar-refractivity contribution in [3.05, 3.63) is 66.7 Å². The maximum absolute atomic E-state index is 10.2. The van der Waals surface area contributed by atoms with E-state index < -0.39 is 0 Å². The number of nitrogens with zero attached hydrogens (tertiary/aromatic N) is 4. The van der Waals surface area contributed by atoms with E-state index in [1.807, 2.05) is 53.0 Å². The number of aliphatic hydroxyl groups excluding tert-OH is 1. The van der Waals surface area contributed by atoms with Gasteiger partial charge in [-0.25, -0.2) is 4.98 Å². The molecular weight excluding hydrogens is 376 g/mol. The van der Waals surface area contributed by atoms with Gasteiger partial charge in [-0.2, -0.15) is 9.61 Å². The first-order valence-electron chi connectivity index (χ1n) is 10.2. The summed E-state index contributed by atoms with van der Waals surface area (Å²) in [4.78, 5) is 7.09. The smallest absolute Gasteiger partial charge is 0.158 e. The summed E-state index contributed by atoms with van der Waals surface area (Å²) < 4.78 is 7.26. The van der Waals surface area contributed by atoms with E-state index in [2.05, 4.69) is 23.1 Å². The number of ether oxygens (including phenoxy) is 1. The fourth-order valence-corrected chi connectivity index (χ4v) is 4.03. The molecule has 30 heavy (non-hydrogen) atoms. The van der Waals surface area contributed by atoms with Crippen LogP contribution in [0.25, 0.3) is 28.2 Å². The van der Waals surface area contributed by atoms with Crippen LogP contribution in [0, 0.1) is 0 Å². The number of anilines is 1. The van der Waals surface area contributed by atoms with Crippen LogP contribution in [-0.4, -0.2) is 46.0 Å². The van der Waals surface area contributed by atoms with E-state index in [-0.39, 0.29) is 6.10 Å². The van der Waals surface area contributed by atoms with E-state index in [1.165, 1.54) is 0 Å². The van der Waals surface area contributed by atoms with Gasteiger partial charge in [0, 0.05) is 36.3 Å². The summed E-state index contributed by atoms with van der Waals surface area (Å²) in [7, 11) is 1.66. The Bertz CT molecular complexity index is 1170. The van der Waals surface area contributed by atoms with Crippen LogP contribution in [0.3, 0.4) is 0 Å². The van der Waals surface area contributed by atoms with Gasteiger partial charge in [-0.1, -0.05) is 42.5 Å². The standard InChI is InChI=1S/C24H24N4O2/c1-30-20-11-5-9-18(13-20)22-14-23-25-21(17-7-3-2-4-8-17)15-24(28(23)26-22)27-12-6-10-19(29)16-27/h2-5,7-9,11,13-15,19,29H,6,10,12,16H2,1H3/t19-/m1/s1. The number of benzene rings is 2. The molecule has 5 rings (SSSR count). The number of hydrogen-bond acceptors (Lipinski definition) is 5. The first-order chi connectivity index (χ1) is 14.7. The van der Waals surface area contributed by atoms with Gasteiger partial charge in [0.2, 0.25) is 0 Å². The Morgan fingerprint density at radius 3 is 2.60 bits per heavy atom. The van der Waals surface area contributed by atoms with E-state index >= 15 is 0 Å². The van der Waals surface area contributed by atoms with Crippen molar-refractivity contribution in [2.24, 2.45) is 0 Å². The van der Waals surface area contributed by atoms with Crippen molar-refractivity contribution < 1.29 is 9.84 Å². The Kier molecular flexibility index (Phi) is 4.85. The van der Waals surface area contributed by atoms with Crippen LogP contribution < -0.4 is 9.64 Å². The van der Waals surface area contributed by atoms with Crippen LogP contribution in [0.1, 0.15) is 12.8 Å². The second kappa shape index (κ2) is 7.80. The van der Waals surface area contributed by atoms with Crippen LogP contribution in [0.15, 0.2) is 66.7 Å². The number of β-amino-alcohol motifs (C(OH)–C–C–N with tert-alkyl or cyclic N) is 1. The fourth-order valence-electron chi connectivity index (χ4n) is 4.03. The van der Waals surface area contributed by atoms with Crippen LogP contribution in [-0.2, 0) is 0 Å². The third-order valence-corrected chi connectivity index (χ3v) is 5.56. The lowest BCUT2D eigenvalue weighted by Crippen LogP contribution is -2.39. The van der Waals surface area contributed by atoms with Gasteiger partial charge in [-0.05, 0) is 25.0 Å². The molecule has 0 radical (unpaired) electrons. The van der Waals surface area contributed by atoms with E-state index in [4.69, 9.17) is 14.8 Å². The highest BCUT2D eigenvalue weighted by Gasteiger charge is 2.22. The van der Waals surface area contributed by atoms with Gasteiger partial charge in [0.1, 0.15) is 11.6 Å². The zero-order valence-corrected chi connectivity index (χ0v) is 16.9. The van der Waals surface area contributed by atoms with Gasteiger partial charge in [0.15, 0.2) is 5.65 Å². The minimum atomic E-state index is -0.324. The molecule has 2 aromatic carbocycles. The Morgan fingerprint density at radius 2 is 1.80 bits per heavy atom. The van der Waals surface area contributed by atoms with Gasteiger partial charge in [0.05, 0.1) is 24.6 Å². The molecule has 6 heteroatoms. The maximum Gasteiger partial charge on any atom is 0.158 e. The lowest BCUT2D eigenvalue weighted by molar-refractivity contribution is 0.153. The Labute approximate surface area is 175 Å². The first kappa shape index (κ1) is 18.6. The predicted molar refractivity (Wildman–Crippen MR) is 118 cm³/mol. The highest BCUT2D eigenvalue weighted by atomic mass is 16.5. The number of methoxy groups -OCH3 is 1. The van der Waals surface area contributed by atoms with Crippen LogP contribution in [0.5, 0.6) is 5.75 Å². The first-order valence-corrected chi connectivity index (χ1v) is 10.2. The highest BCUT2D eigenvalue weighted by Crippen LogP contribution is 2.30. The van der Waals surface area contributed by atoms with Gasteiger partial charge < -0.3 is 14.7 Å². The lowest BCUT2D eigenvalue weighted by Gasteiger charge is -2.32. The van der Waals surface area contributed by atoms with Crippen LogP contribution in [0.2, 0.25) is 0 Å². The molecule has 2 aromatic heterocycles. The molecule has 0 amide bonds. The van der Waals surface area contributed by atoms with Crippen LogP contribution in [0.4, 0.5) is 5.82 Å². The Morgan fingerprint density at radius 1 is 0.967 bits per heavy atom. The number of aliphatic hydroxyl groups is 1. The van der Waals surface area contributed by atoms with Gasteiger partial charge in [0.25, 0.3) is 0 Å². The van der Waals surface area contributed by atoms with Gasteiger partial charge in [-0.3, -0.25) is 0 Å². The molecule has 0 aliphatic carbocycles. The van der Waals surface area contributed by atoms with Crippen molar-refractivity contribution in [3.63, 3.8) is 0 Å². The average molecular weight is 400 g/mol. The minimum Gasteiger partial charge on any atom is -0.497 e. The summed E-state index contributed by atoms with van der Waals surface area (Å²) in [6.45, 7) is 1.49. The molecule has 1 N–H and O–H groups in total. The van der Waals surface area contributed by atoms with Crippen molar-refractivity contribution in [2.45, 2.75) is 18.9 Å². The summed E-state index contributed by atoms with van der Waals surface area (Å²) in [5, 5.41) is 15.1. The van der Waals surface area contributed by atoms with Crippen molar-refractivity contribution in [1.29, 1.82) is 0 Å². The predicted octanol–water partition coefficient (Wildman–Crippen LogP) is 4.03. The fraction of sp³-hybridized carbons (Fsp3) is 0.250. The molecule has 3 heterocycles. The summed E-state index contributed by atoms with van der Waals surface area (Å²) in [5.41, 5.74) is 4.55. The van der Waals surface area contributed by atoms with Gasteiger partial charge in [-0.15, -0.1) is 0 Å². The largest absolute Gasteiger partial charge is 0.497 e. The summed E-state index contributed by atoms with van der Waals surface area (Å²) in [6.07, 6.45) is 1.47. The number of aromatic nitrogens is 3. The third kappa shape index (κ3) is 3.50. The van der Waals surface area contributed by atoms with Gasteiger partial charge >= 0.3 is 0 Å². The zero-order valence-electron chi connectivity index (χ0n) is 16.9. The zero-order chi connectivity index (χ0) is 20.5. The highest BCUT2D eigenvalue weighted by molar-refractivity contribution is 5.71. The Balaban J connectivity index is 1.67. The second-order valence-corrected chi connectivity index (χ2v) is 7.64. The number of hydrogen-bond donors (Lipinski definition) is 1. The molecule has 0 bridgehead atoms. The van der Waals surface area contributed by atoms with Crippen molar-refractivity contribution in [3.8, 4) is 28.3 Å². The van der Waals surface area contributed by atoms with E-state index in [0.717, 1.165) is 59.1 Å². The molecule has 1 aliphatic rings. The van der Waals surface area contributed by atoms with Crippen LogP contribution >= 0.6 is 0 Å². The molecule has 1 aliphatic heterocycles. The number of piperidine rings is 1. The monoisotopic (exact) mass is 400 g/mol. The average Bonchev–Trinajstić information content (AvgIpc) is 3.23. The molecule has 4 aromatic rings. The molecule has 0 unspecified atom stereocenters. The molecule has 6 nitrogen and oxygen atoms in total. The van der Waals surface area contributed by atoms with Crippen molar-refractivity contribution in [2.75, 3.05) is 25.1 Å². The molecule has 1 fully saturated rings. The minimum absolute atomic E-state index is 0.324. The Hall–Kier alpha value is -3.38. The molecular formula is C24H24N4O2. The maximum atomic E-state index is 10.2. The third-order valence-electron chi connectivity index (χ3n) is 5.56. The molecule has 0 saturated carbocycles. The normalized spacial score (nSPS) is 16.7. The summed E-state index contributed by atoms with van der Waals surface area (Å²) in [6, 6.07) is 22.1. The van der Waals surface area contributed by atoms with Crippen molar-refractivity contribution >= 4 is 11.5 Å². The number of rotatable bonds is 4. The van der Waals surface area contributed by atoms with E-state index in [0.29, 0.717) is 6.54 Å². The molecule has 152 valence electrons. The topological polar surface area (TPSA) is 62.9 Å². The lowest BCUT2D eigenvalue weighted by atomic mass is 10.1. The quantitative estimate of drug-likeness (QED) is 0.560. The van der Waals surface area contributed by atoms with E-state index in [1.54, 1.807) is 7.11 Å². The SMILES string of the molecule is COc1cccc(-c2cc3nc(-c4ccccc4)cc(N4CCC[C@@H](O)C4)n3n2)c1. The molecule has 1 saturated heterocycles. The summed E-state index contributed by atoms with van der Waals surface area (Å²) in [5.74, 6) is 1.74. The summed E-state index contributed by atoms with van der Waals surface area (Å²) >= 11 is 0. The van der Waals surface area contributed by atoms with E-state index in [9.17, 15) is 5.11 Å². The van der Waals surface area contributed by atoms with Crippen molar-refractivity contribution in [1.82, 2.24) is 14.6 Å². The number of fused-ring (bicyclic) bond motifs is 1. The molecule has 0 spiro atoms.